The molecule has 5 heteroatoms. The van der Waals surface area contributed by atoms with Gasteiger partial charge in [-0.2, -0.15) is 5.10 Å². The molecule has 1 saturated carbocycles. The van der Waals surface area contributed by atoms with Gasteiger partial charge in [0.2, 0.25) is 0 Å². The standard InChI is InChI=1S/C14H24N4O/c1-2-18-13(15-11-16-18)10-17-8-7-14(19)6-4-3-5-12(14)9-17/h11-12,19H,2-10H2,1H3. The highest BCUT2D eigenvalue weighted by Gasteiger charge is 2.42. The molecule has 0 spiro atoms. The molecular weight excluding hydrogens is 240 g/mol. The maximum absolute atomic E-state index is 10.7. The molecular formula is C14H24N4O. The van der Waals surface area contributed by atoms with Crippen molar-refractivity contribution in [3.8, 4) is 0 Å². The predicted molar refractivity (Wildman–Crippen MR) is 72.5 cm³/mol. The van der Waals surface area contributed by atoms with Crippen LogP contribution >= 0.6 is 0 Å². The first kappa shape index (κ1) is 13.1. The summed E-state index contributed by atoms with van der Waals surface area (Å²) in [5.41, 5.74) is -0.382. The largest absolute Gasteiger partial charge is 0.390 e. The average Bonchev–Trinajstić information content (AvgIpc) is 2.86. The second kappa shape index (κ2) is 5.21. The smallest absolute Gasteiger partial charge is 0.140 e. The van der Waals surface area contributed by atoms with Crippen molar-refractivity contribution in [2.24, 2.45) is 5.92 Å². The summed E-state index contributed by atoms with van der Waals surface area (Å²) < 4.78 is 1.96. The molecule has 2 heterocycles. The van der Waals surface area contributed by atoms with Crippen LogP contribution in [-0.2, 0) is 13.1 Å². The Kier molecular flexibility index (Phi) is 3.58. The van der Waals surface area contributed by atoms with E-state index in [2.05, 4.69) is 21.9 Å². The van der Waals surface area contributed by atoms with E-state index in [1.165, 1.54) is 19.3 Å². The quantitative estimate of drug-likeness (QED) is 0.897. The van der Waals surface area contributed by atoms with E-state index in [9.17, 15) is 5.11 Å². The number of aryl methyl sites for hydroxylation is 1. The van der Waals surface area contributed by atoms with Gasteiger partial charge in [-0.1, -0.05) is 12.8 Å². The van der Waals surface area contributed by atoms with Crippen molar-refractivity contribution in [3.63, 3.8) is 0 Å². The van der Waals surface area contributed by atoms with Gasteiger partial charge >= 0.3 is 0 Å². The van der Waals surface area contributed by atoms with Gasteiger partial charge in [0.1, 0.15) is 12.2 Å². The van der Waals surface area contributed by atoms with Gasteiger partial charge in [0, 0.05) is 25.6 Å². The minimum Gasteiger partial charge on any atom is -0.390 e. The molecule has 2 aliphatic rings. The third kappa shape index (κ3) is 2.54. The summed E-state index contributed by atoms with van der Waals surface area (Å²) in [4.78, 5) is 6.78. The number of rotatable bonds is 3. The number of aliphatic hydroxyl groups is 1. The SMILES string of the molecule is CCn1ncnc1CN1CCC2(O)CCCCC2C1. The van der Waals surface area contributed by atoms with Crippen LogP contribution in [0.1, 0.15) is 44.9 Å². The molecule has 5 nitrogen and oxygen atoms in total. The Labute approximate surface area is 114 Å². The molecule has 1 aromatic rings. The lowest BCUT2D eigenvalue weighted by atomic mass is 9.71. The van der Waals surface area contributed by atoms with Crippen LogP contribution in [-0.4, -0.2) is 43.5 Å². The highest BCUT2D eigenvalue weighted by Crippen LogP contribution is 2.39. The molecule has 1 aromatic heterocycles. The van der Waals surface area contributed by atoms with Gasteiger partial charge < -0.3 is 5.11 Å². The summed E-state index contributed by atoms with van der Waals surface area (Å²) >= 11 is 0. The first-order valence-corrected chi connectivity index (χ1v) is 7.53. The zero-order valence-electron chi connectivity index (χ0n) is 11.8. The van der Waals surface area contributed by atoms with Crippen molar-refractivity contribution in [3.05, 3.63) is 12.2 Å². The Hall–Kier alpha value is -0.940. The highest BCUT2D eigenvalue weighted by atomic mass is 16.3. The zero-order chi connectivity index (χ0) is 13.3. The summed E-state index contributed by atoms with van der Waals surface area (Å²) in [7, 11) is 0. The Balaban J connectivity index is 1.65. The molecule has 0 radical (unpaired) electrons. The lowest BCUT2D eigenvalue weighted by Crippen LogP contribution is -2.53. The molecule has 0 aromatic carbocycles. The molecule has 0 bridgehead atoms. The molecule has 2 fully saturated rings. The fourth-order valence-corrected chi connectivity index (χ4v) is 3.66. The van der Waals surface area contributed by atoms with E-state index in [4.69, 9.17) is 0 Å². The maximum Gasteiger partial charge on any atom is 0.140 e. The maximum atomic E-state index is 10.7. The summed E-state index contributed by atoms with van der Waals surface area (Å²) in [6.07, 6.45) is 7.19. The number of hydrogen-bond donors (Lipinski definition) is 1. The Bertz CT molecular complexity index is 433. The van der Waals surface area contributed by atoms with E-state index in [0.29, 0.717) is 5.92 Å². The lowest BCUT2D eigenvalue weighted by Gasteiger charge is -2.47. The van der Waals surface area contributed by atoms with E-state index in [-0.39, 0.29) is 5.60 Å². The van der Waals surface area contributed by atoms with Gasteiger partial charge in [-0.25, -0.2) is 9.67 Å². The molecule has 19 heavy (non-hydrogen) atoms. The summed E-state index contributed by atoms with van der Waals surface area (Å²) in [5.74, 6) is 1.50. The minimum atomic E-state index is -0.382. The van der Waals surface area contributed by atoms with E-state index < -0.39 is 0 Å². The number of fused-ring (bicyclic) bond motifs is 1. The monoisotopic (exact) mass is 264 g/mol. The number of nitrogens with zero attached hydrogens (tertiary/aromatic N) is 4. The van der Waals surface area contributed by atoms with E-state index >= 15 is 0 Å². The zero-order valence-corrected chi connectivity index (χ0v) is 11.8. The minimum absolute atomic E-state index is 0.382. The number of hydrogen-bond acceptors (Lipinski definition) is 4. The molecule has 106 valence electrons. The molecule has 1 N–H and O–H groups in total. The summed E-state index contributed by atoms with van der Waals surface area (Å²) in [6.45, 7) is 5.81. The Morgan fingerprint density at radius 3 is 3.16 bits per heavy atom. The highest BCUT2D eigenvalue weighted by molar-refractivity contribution is 4.97. The van der Waals surface area contributed by atoms with Gasteiger partial charge in [-0.05, 0) is 26.2 Å². The van der Waals surface area contributed by atoms with Gasteiger partial charge in [0.15, 0.2) is 0 Å². The number of piperidine rings is 1. The van der Waals surface area contributed by atoms with E-state index in [1.807, 2.05) is 4.68 Å². The predicted octanol–water partition coefficient (Wildman–Crippen LogP) is 1.42. The third-order valence-electron chi connectivity index (χ3n) is 4.87. The van der Waals surface area contributed by atoms with Gasteiger partial charge in [0.25, 0.3) is 0 Å². The second-order valence-corrected chi connectivity index (χ2v) is 6.02. The second-order valence-electron chi connectivity index (χ2n) is 6.02. The van der Waals surface area contributed by atoms with Crippen LogP contribution in [0.15, 0.2) is 6.33 Å². The van der Waals surface area contributed by atoms with Gasteiger partial charge in [-0.3, -0.25) is 4.90 Å². The van der Waals surface area contributed by atoms with Crippen molar-refractivity contribution in [2.45, 2.75) is 57.7 Å². The normalized spacial score (nSPS) is 32.2. The van der Waals surface area contributed by atoms with Crippen LogP contribution in [0.4, 0.5) is 0 Å². The first-order valence-electron chi connectivity index (χ1n) is 7.53. The Morgan fingerprint density at radius 2 is 2.32 bits per heavy atom. The fraction of sp³-hybridized carbons (Fsp3) is 0.857. The van der Waals surface area contributed by atoms with Crippen molar-refractivity contribution < 1.29 is 5.11 Å². The number of likely N-dealkylation sites (tertiary alicyclic amines) is 1. The third-order valence-corrected chi connectivity index (χ3v) is 4.87. The van der Waals surface area contributed by atoms with Crippen LogP contribution in [0.5, 0.6) is 0 Å². The van der Waals surface area contributed by atoms with Crippen LogP contribution in [0.3, 0.4) is 0 Å². The first-order chi connectivity index (χ1) is 9.21. The van der Waals surface area contributed by atoms with Crippen molar-refractivity contribution in [2.75, 3.05) is 13.1 Å². The molecule has 1 aliphatic heterocycles. The summed E-state index contributed by atoms with van der Waals surface area (Å²) in [6, 6.07) is 0. The van der Waals surface area contributed by atoms with Gasteiger partial charge in [0.05, 0.1) is 12.1 Å². The lowest BCUT2D eigenvalue weighted by molar-refractivity contribution is -0.0972. The van der Waals surface area contributed by atoms with Crippen LogP contribution in [0, 0.1) is 5.92 Å². The average molecular weight is 264 g/mol. The van der Waals surface area contributed by atoms with Crippen LogP contribution < -0.4 is 0 Å². The molecule has 1 saturated heterocycles. The fourth-order valence-electron chi connectivity index (χ4n) is 3.66. The molecule has 2 atom stereocenters. The van der Waals surface area contributed by atoms with E-state index in [1.54, 1.807) is 6.33 Å². The van der Waals surface area contributed by atoms with Crippen LogP contribution in [0.2, 0.25) is 0 Å². The van der Waals surface area contributed by atoms with Crippen LogP contribution in [0.25, 0.3) is 0 Å². The van der Waals surface area contributed by atoms with Crippen molar-refractivity contribution in [1.82, 2.24) is 19.7 Å². The molecule has 3 rings (SSSR count). The van der Waals surface area contributed by atoms with E-state index in [0.717, 1.165) is 44.8 Å². The molecule has 0 amide bonds. The van der Waals surface area contributed by atoms with Crippen molar-refractivity contribution >= 4 is 0 Å². The molecule has 2 unspecified atom stereocenters. The number of aromatic nitrogens is 3. The summed E-state index contributed by atoms with van der Waals surface area (Å²) in [5, 5.41) is 14.9. The van der Waals surface area contributed by atoms with Gasteiger partial charge in [-0.15, -0.1) is 0 Å². The molecule has 1 aliphatic carbocycles. The topological polar surface area (TPSA) is 54.2 Å². The van der Waals surface area contributed by atoms with Crippen molar-refractivity contribution in [1.29, 1.82) is 0 Å². The Morgan fingerprint density at radius 1 is 1.42 bits per heavy atom.